The van der Waals surface area contributed by atoms with Gasteiger partial charge in [0.25, 0.3) is 0 Å². The van der Waals surface area contributed by atoms with Gasteiger partial charge < -0.3 is 0 Å². The monoisotopic (exact) mass is 346 g/mol. The van der Waals surface area contributed by atoms with Crippen LogP contribution in [0.25, 0.3) is 28.0 Å². The minimum Gasteiger partial charge on any atom is -0.295 e. The molecule has 2 aromatic carbocycles. The van der Waals surface area contributed by atoms with Crippen molar-refractivity contribution in [3.05, 3.63) is 71.1 Å². The van der Waals surface area contributed by atoms with E-state index in [2.05, 4.69) is 15.2 Å². The van der Waals surface area contributed by atoms with E-state index in [1.54, 1.807) is 19.2 Å². The fourth-order valence-electron chi connectivity index (χ4n) is 2.81. The lowest BCUT2D eigenvalue weighted by Crippen LogP contribution is -2.00. The van der Waals surface area contributed by atoms with Crippen molar-refractivity contribution in [2.75, 3.05) is 0 Å². The number of carbonyl (C=O) groups excluding carboxylic acids is 1. The van der Waals surface area contributed by atoms with Crippen LogP contribution in [0.15, 0.2) is 60.8 Å². The summed E-state index contributed by atoms with van der Waals surface area (Å²) in [5.74, 6) is 0.701. The standard InChI is InChI=1S/C19H14N4OS/c1-12(24)13-4-2-6-16(11-13)23-18(21-22-19(23)25)15-7-8-17-14(10-15)5-3-9-20-17/h2-11H,1H3,(H,22,25). The molecule has 0 saturated heterocycles. The molecule has 0 atom stereocenters. The molecule has 4 rings (SSSR count). The molecule has 0 bridgehead atoms. The topological polar surface area (TPSA) is 63.6 Å². The van der Waals surface area contributed by atoms with Gasteiger partial charge in [0, 0.05) is 22.7 Å². The maximum absolute atomic E-state index is 11.7. The smallest absolute Gasteiger partial charge is 0.200 e. The Labute approximate surface area is 149 Å². The Morgan fingerprint density at radius 2 is 2.00 bits per heavy atom. The Bertz CT molecular complexity index is 1160. The van der Waals surface area contributed by atoms with Crippen molar-refractivity contribution < 1.29 is 4.79 Å². The number of nitrogens with one attached hydrogen (secondary N) is 1. The molecule has 5 nitrogen and oxygen atoms in total. The first-order chi connectivity index (χ1) is 12.1. The van der Waals surface area contributed by atoms with Gasteiger partial charge in [0.15, 0.2) is 16.4 Å². The summed E-state index contributed by atoms with van der Waals surface area (Å²) in [6.45, 7) is 1.55. The molecule has 0 aliphatic rings. The number of rotatable bonds is 3. The Morgan fingerprint density at radius 1 is 1.12 bits per heavy atom. The highest BCUT2D eigenvalue weighted by Crippen LogP contribution is 2.25. The van der Waals surface area contributed by atoms with Crippen molar-refractivity contribution in [2.45, 2.75) is 6.92 Å². The van der Waals surface area contributed by atoms with Crippen molar-refractivity contribution in [3.63, 3.8) is 0 Å². The van der Waals surface area contributed by atoms with E-state index in [0.717, 1.165) is 22.2 Å². The van der Waals surface area contributed by atoms with Crippen LogP contribution in [0.5, 0.6) is 0 Å². The Hall–Kier alpha value is -3.12. The maximum Gasteiger partial charge on any atom is 0.200 e. The number of aromatic nitrogens is 4. The minimum absolute atomic E-state index is 0.00944. The van der Waals surface area contributed by atoms with Crippen LogP contribution in [0.2, 0.25) is 0 Å². The minimum atomic E-state index is 0.00944. The third-order valence-electron chi connectivity index (χ3n) is 4.04. The van der Waals surface area contributed by atoms with Gasteiger partial charge in [0.2, 0.25) is 0 Å². The van der Waals surface area contributed by atoms with Crippen LogP contribution < -0.4 is 0 Å². The molecule has 0 unspecified atom stereocenters. The number of nitrogens with zero attached hydrogens (tertiary/aromatic N) is 3. The third-order valence-corrected chi connectivity index (χ3v) is 4.32. The van der Waals surface area contributed by atoms with E-state index in [0.29, 0.717) is 16.2 Å². The van der Waals surface area contributed by atoms with Gasteiger partial charge in [0.05, 0.1) is 11.2 Å². The second-order valence-corrected chi connectivity index (χ2v) is 6.09. The molecule has 4 aromatic rings. The summed E-state index contributed by atoms with van der Waals surface area (Å²) < 4.78 is 2.31. The van der Waals surface area contributed by atoms with Gasteiger partial charge >= 0.3 is 0 Å². The van der Waals surface area contributed by atoms with E-state index < -0.39 is 0 Å². The molecule has 0 amide bonds. The molecule has 0 aliphatic carbocycles. The zero-order valence-corrected chi connectivity index (χ0v) is 14.2. The maximum atomic E-state index is 11.7. The highest BCUT2D eigenvalue weighted by Gasteiger charge is 2.12. The van der Waals surface area contributed by atoms with Gasteiger partial charge in [0.1, 0.15) is 0 Å². The number of ketones is 1. The average Bonchev–Trinajstić information content (AvgIpc) is 3.03. The van der Waals surface area contributed by atoms with Crippen LogP contribution in [0.1, 0.15) is 17.3 Å². The molecule has 25 heavy (non-hydrogen) atoms. The van der Waals surface area contributed by atoms with Gasteiger partial charge in [-0.2, -0.15) is 5.10 Å². The summed E-state index contributed by atoms with van der Waals surface area (Å²) in [6.07, 6.45) is 1.77. The number of hydrogen-bond donors (Lipinski definition) is 1. The van der Waals surface area contributed by atoms with Crippen LogP contribution in [0.3, 0.4) is 0 Å². The molecular formula is C19H14N4OS. The number of fused-ring (bicyclic) bond motifs is 1. The predicted molar refractivity (Wildman–Crippen MR) is 99.5 cm³/mol. The molecule has 0 fully saturated rings. The number of pyridine rings is 1. The summed E-state index contributed by atoms with van der Waals surface area (Å²) >= 11 is 5.41. The number of Topliss-reactive ketones (excluding diaryl/α,β-unsaturated/α-hetero) is 1. The molecular weight excluding hydrogens is 332 g/mol. The average molecular weight is 346 g/mol. The third kappa shape index (κ3) is 2.77. The highest BCUT2D eigenvalue weighted by atomic mass is 32.1. The predicted octanol–water partition coefficient (Wildman–Crippen LogP) is 4.35. The molecule has 0 aliphatic heterocycles. The van der Waals surface area contributed by atoms with E-state index in [9.17, 15) is 4.79 Å². The number of carbonyl (C=O) groups is 1. The van der Waals surface area contributed by atoms with Gasteiger partial charge in [-0.05, 0) is 55.5 Å². The summed E-state index contributed by atoms with van der Waals surface area (Å²) in [4.78, 5) is 16.0. The summed E-state index contributed by atoms with van der Waals surface area (Å²) in [7, 11) is 0. The molecule has 2 heterocycles. The van der Waals surface area contributed by atoms with Crippen molar-refractivity contribution >= 4 is 28.9 Å². The van der Waals surface area contributed by atoms with Crippen LogP contribution in [-0.4, -0.2) is 25.5 Å². The molecule has 0 saturated carbocycles. The number of benzene rings is 2. The molecule has 1 N–H and O–H groups in total. The molecule has 0 radical (unpaired) electrons. The Kier molecular flexibility index (Phi) is 3.74. The van der Waals surface area contributed by atoms with Crippen LogP contribution >= 0.6 is 12.2 Å². The van der Waals surface area contributed by atoms with Crippen molar-refractivity contribution in [2.24, 2.45) is 0 Å². The zero-order chi connectivity index (χ0) is 17.4. The van der Waals surface area contributed by atoms with E-state index in [-0.39, 0.29) is 5.78 Å². The van der Waals surface area contributed by atoms with Crippen molar-refractivity contribution in [1.82, 2.24) is 19.7 Å². The quantitative estimate of drug-likeness (QED) is 0.442. The lowest BCUT2D eigenvalue weighted by atomic mass is 10.1. The fraction of sp³-hybridized carbons (Fsp3) is 0.0526. The van der Waals surface area contributed by atoms with Crippen molar-refractivity contribution in [3.8, 4) is 17.1 Å². The molecule has 6 heteroatoms. The Balaban J connectivity index is 1.91. The lowest BCUT2D eigenvalue weighted by Gasteiger charge is -2.09. The normalized spacial score (nSPS) is 10.9. The first-order valence-electron chi connectivity index (χ1n) is 7.77. The van der Waals surface area contributed by atoms with Crippen molar-refractivity contribution in [1.29, 1.82) is 0 Å². The fourth-order valence-corrected chi connectivity index (χ4v) is 3.05. The summed E-state index contributed by atoms with van der Waals surface area (Å²) in [5, 5.41) is 8.26. The van der Waals surface area contributed by atoms with Gasteiger partial charge in [-0.3, -0.25) is 19.4 Å². The van der Waals surface area contributed by atoms with E-state index in [1.807, 2.05) is 53.1 Å². The molecule has 0 spiro atoms. The number of hydrogen-bond acceptors (Lipinski definition) is 4. The number of H-pyrrole nitrogens is 1. The molecule has 122 valence electrons. The van der Waals surface area contributed by atoms with E-state index in [4.69, 9.17) is 12.2 Å². The van der Waals surface area contributed by atoms with Gasteiger partial charge in [-0.15, -0.1) is 0 Å². The highest BCUT2D eigenvalue weighted by molar-refractivity contribution is 7.71. The van der Waals surface area contributed by atoms with Crippen LogP contribution in [-0.2, 0) is 0 Å². The zero-order valence-electron chi connectivity index (χ0n) is 13.4. The second kappa shape index (κ2) is 6.07. The summed E-state index contributed by atoms with van der Waals surface area (Å²) in [6, 6.07) is 17.2. The van der Waals surface area contributed by atoms with E-state index in [1.165, 1.54) is 0 Å². The van der Waals surface area contributed by atoms with Crippen LogP contribution in [0.4, 0.5) is 0 Å². The van der Waals surface area contributed by atoms with Gasteiger partial charge in [-0.1, -0.05) is 18.2 Å². The lowest BCUT2D eigenvalue weighted by molar-refractivity contribution is 0.101. The SMILES string of the molecule is CC(=O)c1cccc(-n2c(-c3ccc4ncccc4c3)n[nH]c2=S)c1. The Morgan fingerprint density at radius 3 is 2.84 bits per heavy atom. The van der Waals surface area contributed by atoms with E-state index >= 15 is 0 Å². The van der Waals surface area contributed by atoms with Gasteiger partial charge in [-0.25, -0.2) is 0 Å². The number of aromatic amines is 1. The summed E-state index contributed by atoms with van der Waals surface area (Å²) in [5.41, 5.74) is 3.27. The first-order valence-corrected chi connectivity index (χ1v) is 8.18. The largest absolute Gasteiger partial charge is 0.295 e. The van der Waals surface area contributed by atoms with Crippen LogP contribution in [0, 0.1) is 4.77 Å². The molecule has 2 aromatic heterocycles. The second-order valence-electron chi connectivity index (χ2n) is 5.71. The first kappa shape index (κ1) is 15.4.